The third-order valence-corrected chi connectivity index (χ3v) is 20.6. The maximum absolute atomic E-state index is 15.2. The van der Waals surface area contributed by atoms with E-state index < -0.39 is 69.4 Å². The minimum Gasteiger partial charge on any atom is -0.504 e. The number of carbonyl (C=O) groups is 5. The van der Waals surface area contributed by atoms with Crippen molar-refractivity contribution in [2.75, 3.05) is 313 Å². The lowest BCUT2D eigenvalue weighted by Gasteiger charge is -2.33. The minimum atomic E-state index is -1.28. The summed E-state index contributed by atoms with van der Waals surface area (Å²) in [6.45, 7) is 9.86. The quantitative estimate of drug-likeness (QED) is 0.0129. The van der Waals surface area contributed by atoms with Crippen molar-refractivity contribution in [3.05, 3.63) is 130 Å². The average Bonchev–Trinajstić information content (AvgIpc) is 0.821. The average molecular weight is 2000 g/mol. The van der Waals surface area contributed by atoms with Gasteiger partial charge in [-0.05, 0) is 135 Å². The molecule has 6 aromatic rings. The molecule has 6 aromatic carbocycles. The zero-order chi connectivity index (χ0) is 101. The van der Waals surface area contributed by atoms with E-state index in [-0.39, 0.29) is 272 Å². The van der Waals surface area contributed by atoms with Crippen LogP contribution in [0.2, 0.25) is 0 Å². The van der Waals surface area contributed by atoms with Crippen LogP contribution in [0.3, 0.4) is 0 Å². The number of hydrogen-bond donors (Lipinski definition) is 11. The summed E-state index contributed by atoms with van der Waals surface area (Å²) >= 11 is 0. The number of aromatic hydroxyl groups is 6. The first-order valence-corrected chi connectivity index (χ1v) is 47.2. The number of phenols is 6. The molecule has 0 saturated carbocycles. The van der Waals surface area contributed by atoms with E-state index in [1.165, 1.54) is 54.6 Å². The number of unbranched alkanes of at least 4 members (excludes halogenated alkanes) is 1. The fourth-order valence-electron chi connectivity index (χ4n) is 13.4. The van der Waals surface area contributed by atoms with Crippen LogP contribution in [-0.2, 0) is 103 Å². The van der Waals surface area contributed by atoms with Gasteiger partial charge in [0.15, 0.2) is 57.5 Å². The maximum atomic E-state index is 15.2. The first-order chi connectivity index (χ1) is 68.9. The highest BCUT2D eigenvalue weighted by Crippen LogP contribution is 2.43. The van der Waals surface area contributed by atoms with Gasteiger partial charge in [-0.25, -0.2) is 0 Å². The molecule has 141 heavy (non-hydrogen) atoms. The molecule has 0 atom stereocenters. The summed E-state index contributed by atoms with van der Waals surface area (Å²) in [5.41, 5.74) is -0.669. The summed E-state index contributed by atoms with van der Waals surface area (Å²) in [4.78, 5) is 70.3. The van der Waals surface area contributed by atoms with Crippen LogP contribution in [0.4, 0.5) is 0 Å². The summed E-state index contributed by atoms with van der Waals surface area (Å²) in [6.07, 6.45) is 1.52. The number of para-hydroxylation sites is 3. The van der Waals surface area contributed by atoms with Crippen LogP contribution in [0, 0.1) is 5.41 Å². The Bertz CT molecular complexity index is 4020. The van der Waals surface area contributed by atoms with E-state index in [9.17, 15) is 49.8 Å². The lowest BCUT2D eigenvalue weighted by Crippen LogP contribution is -2.43. The molecule has 42 heteroatoms. The van der Waals surface area contributed by atoms with E-state index in [1.807, 2.05) is 0 Å². The molecule has 0 aromatic heterocycles. The first kappa shape index (κ1) is 119. The van der Waals surface area contributed by atoms with Crippen molar-refractivity contribution >= 4 is 29.5 Å². The summed E-state index contributed by atoms with van der Waals surface area (Å²) < 4.78 is 152. The van der Waals surface area contributed by atoms with Crippen LogP contribution in [0.5, 0.6) is 80.5 Å². The van der Waals surface area contributed by atoms with E-state index in [0.29, 0.717) is 143 Å². The zero-order valence-corrected chi connectivity index (χ0v) is 82.1. The fraction of sp³-hybridized carbons (Fsp3) is 0.586. The number of amides is 5. The van der Waals surface area contributed by atoms with Gasteiger partial charge in [0.25, 0.3) is 23.6 Å². The summed E-state index contributed by atoms with van der Waals surface area (Å²) in [5, 5.41) is 76.6. The number of hydrogen-bond acceptors (Lipinski definition) is 37. The Hall–Kier alpha value is -10.8. The van der Waals surface area contributed by atoms with Crippen molar-refractivity contribution in [1.29, 1.82) is 0 Å². The van der Waals surface area contributed by atoms with Crippen LogP contribution in [0.15, 0.2) is 97.1 Å². The molecule has 0 saturated heterocycles. The minimum absolute atomic E-state index is 0.0121. The van der Waals surface area contributed by atoms with E-state index in [1.54, 1.807) is 85.1 Å². The number of ether oxygens (including phenoxy) is 26. The van der Waals surface area contributed by atoms with Gasteiger partial charge in [0.05, 0.1) is 215 Å². The van der Waals surface area contributed by atoms with Gasteiger partial charge in [0.1, 0.15) is 64.4 Å². The molecule has 0 heterocycles. The second-order valence-electron chi connectivity index (χ2n) is 31.1. The van der Waals surface area contributed by atoms with Crippen LogP contribution in [0.25, 0.3) is 0 Å². The number of phenolic OH excluding ortho intramolecular Hbond substituents is 6. The lowest BCUT2D eigenvalue weighted by molar-refractivity contribution is -0.132. The standard InChI is InChI=1S/C99H147N5O37/c1-116-29-35-122-41-47-128-53-59-134-85-65-74(66-86(135-60-54-129-48-42-123-36-30-117-2)92(85)138-63-57-132-51-45-126-39-33-120-5)72-140-77-69-76(70-78(71-77)141-73-75-67-87(136-61-55-130-49-43-124-37-31-118-3)93(139-64-58-133-52-46-127-40-34-121-6)88(68-75)137-62-56-131-50-44-125-38-32-119-4)94(111)100-24-7-8-25-104-98(115)99(21-12-26-101-95(112)79-15-9-18-82(105)89(79)108,22-13-27-102-96(113)80-16-10-19-83(106)90(80)109)23-14-28-103-97(114)81-17-11-20-84(107)91(81)110/h9-11,15-20,65-71,105-110H,7-8,12-14,21-64,72-73H2,1-6H3,(H,100,111)(H,101,112)(H,102,113)(H,103,114)(H,104,115). The number of methoxy groups -OCH3 is 6. The molecule has 42 nitrogen and oxygen atoms in total. The highest BCUT2D eigenvalue weighted by atomic mass is 16.6. The Labute approximate surface area is 824 Å². The van der Waals surface area contributed by atoms with Crippen LogP contribution in [0.1, 0.15) is 104 Å². The van der Waals surface area contributed by atoms with Gasteiger partial charge in [0, 0.05) is 92.4 Å². The molecule has 11 N–H and O–H groups in total. The fourth-order valence-corrected chi connectivity index (χ4v) is 13.4. The molecule has 0 bridgehead atoms. The molecule has 0 aliphatic heterocycles. The van der Waals surface area contributed by atoms with Crippen molar-refractivity contribution in [3.8, 4) is 80.5 Å². The molecular weight excluding hydrogens is 1850 g/mol. The summed E-state index contributed by atoms with van der Waals surface area (Å²) in [5.74, 6) is -4.48. The van der Waals surface area contributed by atoms with Gasteiger partial charge in [0.2, 0.25) is 17.4 Å². The molecule has 0 radical (unpaired) electrons. The monoisotopic (exact) mass is 2000 g/mol. The van der Waals surface area contributed by atoms with Gasteiger partial charge in [-0.2, -0.15) is 0 Å². The predicted octanol–water partition coefficient (Wildman–Crippen LogP) is 7.67. The van der Waals surface area contributed by atoms with Gasteiger partial charge < -0.3 is 180 Å². The third-order valence-electron chi connectivity index (χ3n) is 20.6. The highest BCUT2D eigenvalue weighted by Gasteiger charge is 2.37. The number of rotatable bonds is 88. The second kappa shape index (κ2) is 75.0. The SMILES string of the molecule is COCCOCCOCCOc1cc(COc2cc(OCc3cc(OCCOCCOCCOC)c(OCCOCCOCCOC)c(OCCOCCOCCOC)c3)cc(C(=O)NCCCCNC(=O)C(CCCNC(=O)c3cccc(O)c3O)(CCCNC(=O)c3cccc(O)c3O)CCCNC(=O)c3cccc(O)c3O)c2)cc(OCCOCCOCCOC)c1OCCOCCOCCOC. The Morgan fingerprint density at radius 1 is 0.255 bits per heavy atom. The molecule has 0 unspecified atom stereocenters. The number of nitrogens with one attached hydrogen (secondary N) is 5. The van der Waals surface area contributed by atoms with Crippen LogP contribution in [-0.4, -0.2) is 373 Å². The van der Waals surface area contributed by atoms with Gasteiger partial charge in [-0.1, -0.05) is 18.2 Å². The Morgan fingerprint density at radius 3 is 0.759 bits per heavy atom. The van der Waals surface area contributed by atoms with Gasteiger partial charge in [-0.15, -0.1) is 0 Å². The molecule has 790 valence electrons. The summed E-state index contributed by atoms with van der Waals surface area (Å²) in [7, 11) is 9.55. The number of carbonyl (C=O) groups excluding carboxylic acids is 5. The van der Waals surface area contributed by atoms with E-state index in [0.717, 1.165) is 0 Å². The first-order valence-electron chi connectivity index (χ1n) is 47.2. The molecule has 5 amide bonds. The smallest absolute Gasteiger partial charge is 0.255 e. The van der Waals surface area contributed by atoms with E-state index in [2.05, 4.69) is 26.6 Å². The topological polar surface area (TPSA) is 507 Å². The summed E-state index contributed by atoms with van der Waals surface area (Å²) in [6, 6.07) is 23.6. The molecule has 0 spiro atoms. The van der Waals surface area contributed by atoms with Crippen LogP contribution < -0.4 is 64.5 Å². The predicted molar refractivity (Wildman–Crippen MR) is 513 cm³/mol. The molecule has 0 fully saturated rings. The maximum Gasteiger partial charge on any atom is 0.255 e. The Balaban J connectivity index is 1.35. The van der Waals surface area contributed by atoms with E-state index >= 15 is 4.79 Å². The third kappa shape index (κ3) is 49.1. The van der Waals surface area contributed by atoms with Crippen molar-refractivity contribution in [2.45, 2.75) is 64.6 Å². The Morgan fingerprint density at radius 2 is 0.489 bits per heavy atom. The van der Waals surface area contributed by atoms with Gasteiger partial charge in [-0.3, -0.25) is 24.0 Å². The number of benzene rings is 6. The molecule has 0 aliphatic rings. The second-order valence-corrected chi connectivity index (χ2v) is 31.1. The molecule has 6 rings (SSSR count). The highest BCUT2D eigenvalue weighted by molar-refractivity contribution is 5.99. The van der Waals surface area contributed by atoms with Gasteiger partial charge >= 0.3 is 0 Å². The molecular formula is C99H147N5O37. The van der Waals surface area contributed by atoms with Crippen LogP contribution >= 0.6 is 0 Å². The zero-order valence-electron chi connectivity index (χ0n) is 82.1. The normalized spacial score (nSPS) is 11.3. The van der Waals surface area contributed by atoms with Crippen molar-refractivity contribution < 1.29 is 178 Å². The van der Waals surface area contributed by atoms with Crippen molar-refractivity contribution in [1.82, 2.24) is 26.6 Å². The van der Waals surface area contributed by atoms with Crippen molar-refractivity contribution in [3.63, 3.8) is 0 Å². The lowest BCUT2D eigenvalue weighted by atomic mass is 9.74. The molecule has 0 aliphatic carbocycles. The van der Waals surface area contributed by atoms with Crippen molar-refractivity contribution in [2.24, 2.45) is 5.41 Å². The largest absolute Gasteiger partial charge is 0.504 e. The Kier molecular flexibility index (Phi) is 63.2. The van der Waals surface area contributed by atoms with E-state index in [4.69, 9.17) is 123 Å².